The molecule has 0 fully saturated rings. The summed E-state index contributed by atoms with van der Waals surface area (Å²) in [4.78, 5) is 0. The van der Waals surface area contributed by atoms with Gasteiger partial charge in [0.25, 0.3) is 0 Å². The van der Waals surface area contributed by atoms with E-state index in [1.54, 1.807) is 7.11 Å². The van der Waals surface area contributed by atoms with Gasteiger partial charge in [-0.15, -0.1) is 0 Å². The fraction of sp³-hybridized carbons (Fsp3) is 1.00. The molecule has 0 aromatic rings. The number of hydrogen-bond donors (Lipinski definition) is 2. The number of rotatable bonds is 6. The van der Waals surface area contributed by atoms with Crippen LogP contribution in [0.1, 0.15) is 34.1 Å². The van der Waals surface area contributed by atoms with Crippen LogP contribution in [0.4, 0.5) is 0 Å². The van der Waals surface area contributed by atoms with Crippen molar-refractivity contribution in [1.29, 1.82) is 0 Å². The zero-order valence-corrected chi connectivity index (χ0v) is 9.42. The second-order valence-electron chi connectivity index (χ2n) is 4.32. The third kappa shape index (κ3) is 6.02. The number of aliphatic hydroxyl groups excluding tert-OH is 1. The van der Waals surface area contributed by atoms with Gasteiger partial charge in [-0.3, -0.25) is 0 Å². The van der Waals surface area contributed by atoms with Crippen LogP contribution in [0.3, 0.4) is 0 Å². The first-order valence-electron chi connectivity index (χ1n) is 4.83. The quantitative estimate of drug-likeness (QED) is 0.659. The highest BCUT2D eigenvalue weighted by molar-refractivity contribution is 4.76. The normalized spacial score (nSPS) is 17.1. The van der Waals surface area contributed by atoms with Crippen LogP contribution in [0.15, 0.2) is 0 Å². The van der Waals surface area contributed by atoms with Crippen molar-refractivity contribution in [3.05, 3.63) is 0 Å². The third-order valence-corrected chi connectivity index (χ3v) is 2.19. The number of hydrogen-bond acceptors (Lipinski definition) is 3. The summed E-state index contributed by atoms with van der Waals surface area (Å²) < 4.78 is 5.32. The summed E-state index contributed by atoms with van der Waals surface area (Å²) in [6.07, 6.45) is 0.938. The Hall–Kier alpha value is -0.120. The molecule has 0 radical (unpaired) electrons. The zero-order valence-electron chi connectivity index (χ0n) is 9.42. The van der Waals surface area contributed by atoms with Gasteiger partial charge in [0.2, 0.25) is 0 Å². The average molecular weight is 189 g/mol. The minimum Gasteiger partial charge on any atom is -0.395 e. The molecule has 0 heterocycles. The Kier molecular flexibility index (Phi) is 5.53. The molecule has 1 unspecified atom stereocenters. The summed E-state index contributed by atoms with van der Waals surface area (Å²) in [5.74, 6) is 0. The Morgan fingerprint density at radius 3 is 2.23 bits per heavy atom. The van der Waals surface area contributed by atoms with Crippen molar-refractivity contribution in [1.82, 2.24) is 5.32 Å². The number of ether oxygens (including phenoxy) is 1. The first kappa shape index (κ1) is 12.9. The second kappa shape index (κ2) is 5.58. The Morgan fingerprint density at radius 2 is 1.85 bits per heavy atom. The lowest BCUT2D eigenvalue weighted by atomic mass is 9.99. The molecule has 3 heteroatoms. The molecular formula is C10H23NO2. The van der Waals surface area contributed by atoms with E-state index in [0.29, 0.717) is 6.04 Å². The Bertz CT molecular complexity index is 137. The standard InChI is InChI=1S/C10H23NO2/c1-8(11-9(2)7-12)6-10(3,4)13-5/h8-9,11-12H,6-7H2,1-5H3/t8?,9-/m1/s1. The molecule has 0 aliphatic carbocycles. The fourth-order valence-corrected chi connectivity index (χ4v) is 1.42. The second-order valence-corrected chi connectivity index (χ2v) is 4.32. The van der Waals surface area contributed by atoms with Gasteiger partial charge in [0, 0.05) is 19.2 Å². The highest BCUT2D eigenvalue weighted by Gasteiger charge is 2.20. The summed E-state index contributed by atoms with van der Waals surface area (Å²) >= 11 is 0. The Morgan fingerprint density at radius 1 is 1.31 bits per heavy atom. The lowest BCUT2D eigenvalue weighted by Crippen LogP contribution is -2.41. The zero-order chi connectivity index (χ0) is 10.5. The van der Waals surface area contributed by atoms with E-state index in [2.05, 4.69) is 26.1 Å². The molecule has 2 atom stereocenters. The van der Waals surface area contributed by atoms with Crippen LogP contribution in [0.25, 0.3) is 0 Å². The van der Waals surface area contributed by atoms with E-state index in [1.165, 1.54) is 0 Å². The van der Waals surface area contributed by atoms with Crippen molar-refractivity contribution in [2.24, 2.45) is 0 Å². The van der Waals surface area contributed by atoms with Gasteiger partial charge in [-0.2, -0.15) is 0 Å². The van der Waals surface area contributed by atoms with Gasteiger partial charge >= 0.3 is 0 Å². The predicted molar refractivity (Wildman–Crippen MR) is 54.9 cm³/mol. The van der Waals surface area contributed by atoms with Crippen molar-refractivity contribution in [2.75, 3.05) is 13.7 Å². The molecule has 0 saturated heterocycles. The van der Waals surface area contributed by atoms with Crippen molar-refractivity contribution in [3.63, 3.8) is 0 Å². The summed E-state index contributed by atoms with van der Waals surface area (Å²) in [7, 11) is 1.72. The minimum atomic E-state index is -0.0956. The maximum absolute atomic E-state index is 8.85. The SMILES string of the molecule is COC(C)(C)CC(C)N[C@H](C)CO. The maximum Gasteiger partial charge on any atom is 0.0637 e. The maximum atomic E-state index is 8.85. The van der Waals surface area contributed by atoms with E-state index in [1.807, 2.05) is 6.92 Å². The predicted octanol–water partition coefficient (Wildman–Crippen LogP) is 1.16. The smallest absolute Gasteiger partial charge is 0.0637 e. The first-order valence-corrected chi connectivity index (χ1v) is 4.83. The largest absolute Gasteiger partial charge is 0.395 e. The Labute approximate surface area is 81.5 Å². The highest BCUT2D eigenvalue weighted by Crippen LogP contribution is 2.15. The average Bonchev–Trinajstić information content (AvgIpc) is 2.03. The van der Waals surface area contributed by atoms with E-state index >= 15 is 0 Å². The summed E-state index contributed by atoms with van der Waals surface area (Å²) in [6, 6.07) is 0.514. The van der Waals surface area contributed by atoms with Gasteiger partial charge < -0.3 is 15.2 Å². The third-order valence-electron chi connectivity index (χ3n) is 2.19. The molecule has 0 aliphatic rings. The fourth-order valence-electron chi connectivity index (χ4n) is 1.42. The monoisotopic (exact) mass is 189 g/mol. The van der Waals surface area contributed by atoms with E-state index in [-0.39, 0.29) is 18.2 Å². The van der Waals surface area contributed by atoms with Gasteiger partial charge in [0.15, 0.2) is 0 Å². The number of nitrogens with one attached hydrogen (secondary N) is 1. The molecule has 0 spiro atoms. The van der Waals surface area contributed by atoms with Gasteiger partial charge in [-0.25, -0.2) is 0 Å². The topological polar surface area (TPSA) is 41.5 Å². The molecular weight excluding hydrogens is 166 g/mol. The van der Waals surface area contributed by atoms with Crippen molar-refractivity contribution in [3.8, 4) is 0 Å². The van der Waals surface area contributed by atoms with Crippen LogP contribution in [0, 0.1) is 0 Å². The lowest BCUT2D eigenvalue weighted by molar-refractivity contribution is 0.00725. The molecule has 0 aliphatic heterocycles. The molecule has 3 nitrogen and oxygen atoms in total. The van der Waals surface area contributed by atoms with Crippen LogP contribution in [-0.2, 0) is 4.74 Å². The summed E-state index contributed by atoms with van der Waals surface area (Å²) in [5, 5.41) is 12.1. The molecule has 0 aromatic heterocycles. The Balaban J connectivity index is 3.79. The van der Waals surface area contributed by atoms with E-state index in [0.717, 1.165) is 6.42 Å². The van der Waals surface area contributed by atoms with Crippen LogP contribution >= 0.6 is 0 Å². The van der Waals surface area contributed by atoms with E-state index in [4.69, 9.17) is 9.84 Å². The van der Waals surface area contributed by atoms with Crippen LogP contribution < -0.4 is 5.32 Å². The molecule has 0 saturated carbocycles. The van der Waals surface area contributed by atoms with Crippen LogP contribution in [0.2, 0.25) is 0 Å². The molecule has 0 amide bonds. The molecule has 80 valence electrons. The summed E-state index contributed by atoms with van der Waals surface area (Å²) in [6.45, 7) is 8.38. The molecule has 2 N–H and O–H groups in total. The lowest BCUT2D eigenvalue weighted by Gasteiger charge is -2.28. The molecule has 0 bridgehead atoms. The van der Waals surface area contributed by atoms with Crippen molar-refractivity contribution in [2.45, 2.75) is 51.8 Å². The highest BCUT2D eigenvalue weighted by atomic mass is 16.5. The first-order chi connectivity index (χ1) is 5.91. The number of methoxy groups -OCH3 is 1. The van der Waals surface area contributed by atoms with Gasteiger partial charge in [-0.05, 0) is 34.1 Å². The van der Waals surface area contributed by atoms with Crippen LogP contribution in [0.5, 0.6) is 0 Å². The van der Waals surface area contributed by atoms with Crippen molar-refractivity contribution < 1.29 is 9.84 Å². The number of aliphatic hydroxyl groups is 1. The van der Waals surface area contributed by atoms with E-state index < -0.39 is 0 Å². The molecule has 0 rings (SSSR count). The van der Waals surface area contributed by atoms with Gasteiger partial charge in [0.1, 0.15) is 0 Å². The van der Waals surface area contributed by atoms with Gasteiger partial charge in [-0.1, -0.05) is 0 Å². The van der Waals surface area contributed by atoms with Crippen LogP contribution in [-0.4, -0.2) is 36.5 Å². The summed E-state index contributed by atoms with van der Waals surface area (Å²) in [5.41, 5.74) is -0.0956. The molecule has 13 heavy (non-hydrogen) atoms. The van der Waals surface area contributed by atoms with Gasteiger partial charge in [0.05, 0.1) is 12.2 Å². The van der Waals surface area contributed by atoms with Crippen molar-refractivity contribution >= 4 is 0 Å². The minimum absolute atomic E-state index is 0.0956. The molecule has 0 aromatic carbocycles. The van der Waals surface area contributed by atoms with E-state index in [9.17, 15) is 0 Å².